The van der Waals surface area contributed by atoms with Crippen LogP contribution in [0, 0.1) is 20.8 Å². The van der Waals surface area contributed by atoms with Crippen LogP contribution in [0.25, 0.3) is 0 Å². The van der Waals surface area contributed by atoms with Gasteiger partial charge in [0, 0.05) is 18.9 Å². The molecule has 0 bridgehead atoms. The summed E-state index contributed by atoms with van der Waals surface area (Å²) in [6.07, 6.45) is 3.41. The number of nitrogens with one attached hydrogen (secondary N) is 1. The lowest BCUT2D eigenvalue weighted by Gasteiger charge is -2.17. The van der Waals surface area contributed by atoms with Gasteiger partial charge in [0.05, 0.1) is 6.54 Å². The minimum atomic E-state index is -0.869. The number of benzene rings is 1. The topological polar surface area (TPSA) is 67.2 Å². The molecule has 0 aliphatic heterocycles. The van der Waals surface area contributed by atoms with Crippen LogP contribution in [0.15, 0.2) is 30.6 Å². The molecule has 5 heteroatoms. The third-order valence-corrected chi connectivity index (χ3v) is 3.94. The number of hydrogen-bond acceptors (Lipinski definition) is 3. The number of aromatic nitrogens is 2. The van der Waals surface area contributed by atoms with Crippen molar-refractivity contribution in [1.29, 1.82) is 0 Å². The van der Waals surface area contributed by atoms with E-state index in [9.17, 15) is 9.90 Å². The Kier molecular flexibility index (Phi) is 4.75. The van der Waals surface area contributed by atoms with Crippen LogP contribution in [-0.2, 0) is 17.9 Å². The van der Waals surface area contributed by atoms with E-state index in [0.29, 0.717) is 13.1 Å². The molecule has 1 unspecified atom stereocenters. The van der Waals surface area contributed by atoms with Gasteiger partial charge < -0.3 is 5.11 Å². The molecular formula is C16H21N3O2. The first-order chi connectivity index (χ1) is 9.99. The Labute approximate surface area is 124 Å². The zero-order chi connectivity index (χ0) is 15.4. The van der Waals surface area contributed by atoms with Gasteiger partial charge in [-0.3, -0.25) is 14.8 Å². The molecule has 0 spiro atoms. The minimum Gasteiger partial charge on any atom is -0.480 e. The first-order valence-electron chi connectivity index (χ1n) is 6.98. The first-order valence-corrected chi connectivity index (χ1v) is 6.98. The van der Waals surface area contributed by atoms with Crippen LogP contribution in [0.1, 0.15) is 22.3 Å². The molecule has 0 amide bonds. The van der Waals surface area contributed by atoms with Gasteiger partial charge in [-0.1, -0.05) is 12.1 Å². The van der Waals surface area contributed by atoms with Crippen LogP contribution in [0.3, 0.4) is 0 Å². The van der Waals surface area contributed by atoms with Crippen molar-refractivity contribution in [2.24, 2.45) is 0 Å². The molecule has 1 aromatic heterocycles. The molecule has 1 aromatic carbocycles. The van der Waals surface area contributed by atoms with Crippen molar-refractivity contribution in [3.8, 4) is 0 Å². The number of carbonyl (C=O) groups is 1. The second kappa shape index (κ2) is 6.54. The molecule has 0 aliphatic carbocycles. The number of hydrogen-bond donors (Lipinski definition) is 2. The second-order valence-electron chi connectivity index (χ2n) is 5.29. The van der Waals surface area contributed by atoms with E-state index < -0.39 is 12.0 Å². The molecule has 1 atom stereocenters. The summed E-state index contributed by atoms with van der Waals surface area (Å²) in [5, 5.41) is 16.5. The Bertz CT molecular complexity index is 621. The SMILES string of the molecule is Cc1ccc(CNC(Cn2cccn2)C(=O)O)c(C)c1C. The molecule has 5 nitrogen and oxygen atoms in total. The molecule has 112 valence electrons. The normalized spacial score (nSPS) is 12.3. The van der Waals surface area contributed by atoms with Gasteiger partial charge in [-0.05, 0) is 49.1 Å². The minimum absolute atomic E-state index is 0.312. The predicted octanol–water partition coefficient (Wildman–Crippen LogP) is 2.05. The average Bonchev–Trinajstić information content (AvgIpc) is 2.95. The average molecular weight is 287 g/mol. The quantitative estimate of drug-likeness (QED) is 0.853. The van der Waals surface area contributed by atoms with E-state index in [1.54, 1.807) is 23.1 Å². The maximum Gasteiger partial charge on any atom is 0.322 e. The van der Waals surface area contributed by atoms with Crippen LogP contribution < -0.4 is 5.32 Å². The standard InChI is InChI=1S/C16H21N3O2/c1-11-5-6-14(13(3)12(11)2)9-17-15(16(20)21)10-19-8-4-7-18-19/h4-8,15,17H,9-10H2,1-3H3,(H,20,21). The van der Waals surface area contributed by atoms with E-state index in [-0.39, 0.29) is 0 Å². The largest absolute Gasteiger partial charge is 0.480 e. The number of rotatable bonds is 6. The Morgan fingerprint density at radius 1 is 1.33 bits per heavy atom. The van der Waals surface area contributed by atoms with Crippen molar-refractivity contribution in [2.75, 3.05) is 0 Å². The summed E-state index contributed by atoms with van der Waals surface area (Å²) in [5.74, 6) is -0.869. The highest BCUT2D eigenvalue weighted by atomic mass is 16.4. The van der Waals surface area contributed by atoms with Gasteiger partial charge >= 0.3 is 5.97 Å². The predicted molar refractivity (Wildman–Crippen MR) is 81.1 cm³/mol. The maximum atomic E-state index is 11.3. The van der Waals surface area contributed by atoms with Crippen molar-refractivity contribution in [3.05, 3.63) is 52.8 Å². The van der Waals surface area contributed by atoms with E-state index in [1.807, 2.05) is 0 Å². The second-order valence-corrected chi connectivity index (χ2v) is 5.29. The van der Waals surface area contributed by atoms with Crippen LogP contribution in [0.5, 0.6) is 0 Å². The zero-order valence-electron chi connectivity index (χ0n) is 12.6. The highest BCUT2D eigenvalue weighted by Gasteiger charge is 2.18. The van der Waals surface area contributed by atoms with E-state index in [1.165, 1.54) is 16.7 Å². The molecule has 0 saturated heterocycles. The first kappa shape index (κ1) is 15.3. The zero-order valence-corrected chi connectivity index (χ0v) is 12.6. The van der Waals surface area contributed by atoms with Crippen molar-refractivity contribution in [1.82, 2.24) is 15.1 Å². The van der Waals surface area contributed by atoms with Gasteiger partial charge in [0.15, 0.2) is 0 Å². The van der Waals surface area contributed by atoms with Gasteiger partial charge in [0.2, 0.25) is 0 Å². The highest BCUT2D eigenvalue weighted by molar-refractivity contribution is 5.73. The lowest BCUT2D eigenvalue weighted by molar-refractivity contribution is -0.140. The summed E-state index contributed by atoms with van der Waals surface area (Å²) in [7, 11) is 0. The Hall–Kier alpha value is -2.14. The Balaban J connectivity index is 2.05. The number of aryl methyl sites for hydroxylation is 1. The molecule has 21 heavy (non-hydrogen) atoms. The Morgan fingerprint density at radius 2 is 2.10 bits per heavy atom. The summed E-state index contributed by atoms with van der Waals surface area (Å²) in [5.41, 5.74) is 4.85. The van der Waals surface area contributed by atoms with Gasteiger partial charge in [0.25, 0.3) is 0 Å². The van der Waals surface area contributed by atoms with Crippen molar-refractivity contribution in [3.63, 3.8) is 0 Å². The third-order valence-electron chi connectivity index (χ3n) is 3.94. The molecule has 0 saturated carbocycles. The number of carboxylic acids is 1. The number of carboxylic acid groups (broad SMARTS) is 1. The third kappa shape index (κ3) is 3.70. The summed E-state index contributed by atoms with van der Waals surface area (Å²) < 4.78 is 1.62. The van der Waals surface area contributed by atoms with Crippen LogP contribution >= 0.6 is 0 Å². The molecule has 0 radical (unpaired) electrons. The monoisotopic (exact) mass is 287 g/mol. The molecule has 2 aromatic rings. The molecule has 1 heterocycles. The van der Waals surface area contributed by atoms with E-state index >= 15 is 0 Å². The van der Waals surface area contributed by atoms with Crippen molar-refractivity contribution < 1.29 is 9.90 Å². The maximum absolute atomic E-state index is 11.3. The molecule has 0 aliphatic rings. The number of aliphatic carboxylic acids is 1. The summed E-state index contributed by atoms with van der Waals surface area (Å²) in [4.78, 5) is 11.3. The Morgan fingerprint density at radius 3 is 2.71 bits per heavy atom. The van der Waals surface area contributed by atoms with E-state index in [2.05, 4.69) is 43.3 Å². The lowest BCUT2D eigenvalue weighted by Crippen LogP contribution is -2.40. The van der Waals surface area contributed by atoms with Gasteiger partial charge in [-0.2, -0.15) is 5.10 Å². The summed E-state index contributed by atoms with van der Waals surface area (Å²) in [6.45, 7) is 7.09. The fourth-order valence-corrected chi connectivity index (χ4v) is 2.26. The molecule has 2 N–H and O–H groups in total. The molecular weight excluding hydrogens is 266 g/mol. The van der Waals surface area contributed by atoms with Gasteiger partial charge in [-0.15, -0.1) is 0 Å². The van der Waals surface area contributed by atoms with E-state index in [0.717, 1.165) is 5.56 Å². The molecule has 2 rings (SSSR count). The fraction of sp³-hybridized carbons (Fsp3) is 0.375. The van der Waals surface area contributed by atoms with Crippen molar-refractivity contribution >= 4 is 5.97 Å². The van der Waals surface area contributed by atoms with Gasteiger partial charge in [-0.25, -0.2) is 0 Å². The highest BCUT2D eigenvalue weighted by Crippen LogP contribution is 2.17. The van der Waals surface area contributed by atoms with Gasteiger partial charge in [0.1, 0.15) is 6.04 Å². The smallest absolute Gasteiger partial charge is 0.322 e. The number of nitrogens with zero attached hydrogens (tertiary/aromatic N) is 2. The lowest BCUT2D eigenvalue weighted by atomic mass is 9.99. The van der Waals surface area contributed by atoms with Crippen LogP contribution in [0.4, 0.5) is 0 Å². The fourth-order valence-electron chi connectivity index (χ4n) is 2.26. The van der Waals surface area contributed by atoms with E-state index in [4.69, 9.17) is 0 Å². The summed E-state index contributed by atoms with van der Waals surface area (Å²) in [6, 6.07) is 5.25. The molecule has 0 fully saturated rings. The van der Waals surface area contributed by atoms with Crippen molar-refractivity contribution in [2.45, 2.75) is 39.9 Å². The van der Waals surface area contributed by atoms with Crippen LogP contribution in [-0.4, -0.2) is 26.9 Å². The summed E-state index contributed by atoms with van der Waals surface area (Å²) >= 11 is 0. The van der Waals surface area contributed by atoms with Crippen LogP contribution in [0.2, 0.25) is 0 Å².